The Morgan fingerprint density at radius 3 is 2.56 bits per heavy atom. The SMILES string of the molecule is CCCN(C1CNC1)S(=O)(=O)c1ccc(CC)s1. The smallest absolute Gasteiger partial charge is 0.252 e. The Hall–Kier alpha value is -0.430. The quantitative estimate of drug-likeness (QED) is 0.866. The number of nitrogens with one attached hydrogen (secondary N) is 1. The molecule has 1 saturated heterocycles. The number of rotatable bonds is 6. The van der Waals surface area contributed by atoms with Crippen molar-refractivity contribution in [3.05, 3.63) is 17.0 Å². The minimum atomic E-state index is -3.30. The minimum Gasteiger partial charge on any atom is -0.313 e. The van der Waals surface area contributed by atoms with Crippen LogP contribution in [0, 0.1) is 0 Å². The molecule has 0 bridgehead atoms. The Labute approximate surface area is 113 Å². The highest BCUT2D eigenvalue weighted by Gasteiger charge is 2.34. The summed E-state index contributed by atoms with van der Waals surface area (Å²) in [5.74, 6) is 0. The van der Waals surface area contributed by atoms with Crippen molar-refractivity contribution >= 4 is 21.4 Å². The van der Waals surface area contributed by atoms with Crippen LogP contribution in [-0.2, 0) is 16.4 Å². The van der Waals surface area contributed by atoms with Gasteiger partial charge in [-0.2, -0.15) is 4.31 Å². The summed E-state index contributed by atoms with van der Waals surface area (Å²) >= 11 is 1.40. The molecule has 2 heterocycles. The van der Waals surface area contributed by atoms with Gasteiger partial charge in [0, 0.05) is 24.5 Å². The van der Waals surface area contributed by atoms with Gasteiger partial charge in [-0.25, -0.2) is 8.42 Å². The Bertz CT molecular complexity index is 492. The van der Waals surface area contributed by atoms with E-state index in [0.29, 0.717) is 10.8 Å². The van der Waals surface area contributed by atoms with Crippen LogP contribution in [0.15, 0.2) is 16.3 Å². The van der Waals surface area contributed by atoms with Crippen molar-refractivity contribution in [3.63, 3.8) is 0 Å². The van der Waals surface area contributed by atoms with E-state index in [1.807, 2.05) is 19.9 Å². The lowest BCUT2D eigenvalue weighted by Gasteiger charge is -2.36. The molecule has 0 radical (unpaired) electrons. The first-order valence-corrected chi connectivity index (χ1v) is 8.66. The monoisotopic (exact) mass is 288 g/mol. The highest BCUT2D eigenvalue weighted by atomic mass is 32.2. The molecule has 4 nitrogen and oxygen atoms in total. The van der Waals surface area contributed by atoms with Crippen LogP contribution in [0.2, 0.25) is 0 Å². The maximum Gasteiger partial charge on any atom is 0.252 e. The first-order chi connectivity index (χ1) is 8.59. The zero-order chi connectivity index (χ0) is 13.2. The second-order valence-corrected chi connectivity index (χ2v) is 7.79. The number of sulfonamides is 1. The van der Waals surface area contributed by atoms with E-state index in [1.54, 1.807) is 10.4 Å². The summed E-state index contributed by atoms with van der Waals surface area (Å²) in [5, 5.41) is 3.14. The lowest BCUT2D eigenvalue weighted by Crippen LogP contribution is -2.58. The van der Waals surface area contributed by atoms with E-state index < -0.39 is 10.0 Å². The number of nitrogens with zero attached hydrogens (tertiary/aromatic N) is 1. The van der Waals surface area contributed by atoms with Crippen LogP contribution >= 0.6 is 11.3 Å². The molecule has 6 heteroatoms. The van der Waals surface area contributed by atoms with Gasteiger partial charge in [0.05, 0.1) is 6.04 Å². The molecule has 1 aliphatic heterocycles. The summed E-state index contributed by atoms with van der Waals surface area (Å²) in [7, 11) is -3.30. The summed E-state index contributed by atoms with van der Waals surface area (Å²) in [4.78, 5) is 1.12. The standard InChI is InChI=1S/C12H20N2O2S2/c1-3-7-14(10-8-13-9-10)18(15,16)12-6-5-11(4-2)17-12/h5-6,10,13H,3-4,7-9H2,1-2H3. The fourth-order valence-electron chi connectivity index (χ4n) is 2.00. The van der Waals surface area contributed by atoms with E-state index in [2.05, 4.69) is 5.32 Å². The van der Waals surface area contributed by atoms with Gasteiger partial charge < -0.3 is 5.32 Å². The molecule has 0 aliphatic carbocycles. The molecule has 0 saturated carbocycles. The molecule has 1 N–H and O–H groups in total. The molecule has 0 spiro atoms. The van der Waals surface area contributed by atoms with E-state index in [0.717, 1.165) is 30.8 Å². The predicted molar refractivity (Wildman–Crippen MR) is 74.5 cm³/mol. The zero-order valence-corrected chi connectivity index (χ0v) is 12.5. The van der Waals surface area contributed by atoms with Crippen LogP contribution in [0.25, 0.3) is 0 Å². The molecular formula is C12H20N2O2S2. The number of hydrogen-bond donors (Lipinski definition) is 1. The van der Waals surface area contributed by atoms with Crippen LogP contribution in [-0.4, -0.2) is 38.4 Å². The van der Waals surface area contributed by atoms with Crippen molar-refractivity contribution in [3.8, 4) is 0 Å². The van der Waals surface area contributed by atoms with E-state index >= 15 is 0 Å². The second kappa shape index (κ2) is 5.69. The van der Waals surface area contributed by atoms with E-state index in [4.69, 9.17) is 0 Å². The topological polar surface area (TPSA) is 49.4 Å². The number of thiophene rings is 1. The van der Waals surface area contributed by atoms with Crippen molar-refractivity contribution in [1.29, 1.82) is 0 Å². The third kappa shape index (κ3) is 2.61. The van der Waals surface area contributed by atoms with Crippen LogP contribution in [0.4, 0.5) is 0 Å². The normalized spacial score (nSPS) is 17.1. The largest absolute Gasteiger partial charge is 0.313 e. The molecule has 0 aromatic carbocycles. The van der Waals surface area contributed by atoms with Crippen molar-refractivity contribution in [2.24, 2.45) is 0 Å². The van der Waals surface area contributed by atoms with Crippen molar-refractivity contribution < 1.29 is 8.42 Å². The average Bonchev–Trinajstić information content (AvgIpc) is 2.75. The molecule has 0 amide bonds. The van der Waals surface area contributed by atoms with Gasteiger partial charge in [-0.3, -0.25) is 0 Å². The third-order valence-corrected chi connectivity index (χ3v) is 6.81. The predicted octanol–water partition coefficient (Wildman–Crippen LogP) is 1.68. The molecule has 2 rings (SSSR count). The maximum absolute atomic E-state index is 12.6. The van der Waals surface area contributed by atoms with E-state index in [-0.39, 0.29) is 6.04 Å². The summed E-state index contributed by atoms with van der Waals surface area (Å²) in [5.41, 5.74) is 0. The first kappa shape index (κ1) is 14.0. The second-order valence-electron chi connectivity index (χ2n) is 4.50. The van der Waals surface area contributed by atoms with E-state index in [1.165, 1.54) is 11.3 Å². The Balaban J connectivity index is 2.26. The van der Waals surface area contributed by atoms with Crippen LogP contribution in [0.1, 0.15) is 25.1 Å². The lowest BCUT2D eigenvalue weighted by molar-refractivity contribution is 0.242. The summed E-state index contributed by atoms with van der Waals surface area (Å²) in [6, 6.07) is 3.79. The molecule has 18 heavy (non-hydrogen) atoms. The van der Waals surface area contributed by atoms with Gasteiger partial charge in [0.2, 0.25) is 0 Å². The summed E-state index contributed by atoms with van der Waals surface area (Å²) in [6.07, 6.45) is 1.74. The number of aryl methyl sites for hydroxylation is 1. The van der Waals surface area contributed by atoms with Gasteiger partial charge in [-0.15, -0.1) is 11.3 Å². The zero-order valence-electron chi connectivity index (χ0n) is 10.8. The maximum atomic E-state index is 12.6. The van der Waals surface area contributed by atoms with Gasteiger partial charge in [-0.05, 0) is 25.0 Å². The van der Waals surface area contributed by atoms with Gasteiger partial charge in [-0.1, -0.05) is 13.8 Å². The van der Waals surface area contributed by atoms with Gasteiger partial charge in [0.25, 0.3) is 10.0 Å². The molecular weight excluding hydrogens is 268 g/mol. The van der Waals surface area contributed by atoms with Crippen molar-refractivity contribution in [2.45, 2.75) is 36.9 Å². The summed E-state index contributed by atoms with van der Waals surface area (Å²) < 4.78 is 27.3. The Kier molecular flexibility index (Phi) is 4.42. The fourth-order valence-corrected chi connectivity index (χ4v) is 5.14. The van der Waals surface area contributed by atoms with Crippen molar-refractivity contribution in [2.75, 3.05) is 19.6 Å². The Morgan fingerprint density at radius 2 is 2.11 bits per heavy atom. The van der Waals surface area contributed by atoms with Gasteiger partial charge >= 0.3 is 0 Å². The molecule has 1 aliphatic rings. The lowest BCUT2D eigenvalue weighted by atomic mass is 10.2. The highest BCUT2D eigenvalue weighted by Crippen LogP contribution is 2.27. The summed E-state index contributed by atoms with van der Waals surface area (Å²) in [6.45, 7) is 6.20. The minimum absolute atomic E-state index is 0.127. The molecule has 1 aromatic rings. The third-order valence-electron chi connectivity index (χ3n) is 3.16. The molecule has 0 atom stereocenters. The van der Waals surface area contributed by atoms with Crippen molar-refractivity contribution in [1.82, 2.24) is 9.62 Å². The highest BCUT2D eigenvalue weighted by molar-refractivity contribution is 7.91. The fraction of sp³-hybridized carbons (Fsp3) is 0.667. The van der Waals surface area contributed by atoms with Crippen LogP contribution in [0.5, 0.6) is 0 Å². The van der Waals surface area contributed by atoms with Gasteiger partial charge in [0.1, 0.15) is 4.21 Å². The average molecular weight is 288 g/mol. The number of hydrogen-bond acceptors (Lipinski definition) is 4. The molecule has 102 valence electrons. The van der Waals surface area contributed by atoms with E-state index in [9.17, 15) is 8.42 Å². The first-order valence-electron chi connectivity index (χ1n) is 6.40. The molecule has 1 aromatic heterocycles. The molecule has 1 fully saturated rings. The van der Waals surface area contributed by atoms with Crippen LogP contribution in [0.3, 0.4) is 0 Å². The Morgan fingerprint density at radius 1 is 1.39 bits per heavy atom. The van der Waals surface area contributed by atoms with Gasteiger partial charge in [0.15, 0.2) is 0 Å². The molecule has 0 unspecified atom stereocenters. The van der Waals surface area contributed by atoms with Crippen LogP contribution < -0.4 is 5.32 Å².